The van der Waals surface area contributed by atoms with E-state index in [0.29, 0.717) is 0 Å². The van der Waals surface area contributed by atoms with Crippen molar-refractivity contribution in [3.8, 4) is 0 Å². The molecule has 1 aromatic heterocycles. The summed E-state index contributed by atoms with van der Waals surface area (Å²) in [5.74, 6) is 0. The van der Waals surface area contributed by atoms with E-state index >= 15 is 0 Å². The highest BCUT2D eigenvalue weighted by molar-refractivity contribution is 5.83. The van der Waals surface area contributed by atoms with Crippen LogP contribution in [-0.2, 0) is 13.1 Å². The molecule has 3 nitrogen and oxygen atoms in total. The van der Waals surface area contributed by atoms with Crippen molar-refractivity contribution in [2.24, 2.45) is 11.1 Å². The topological polar surface area (TPSA) is 34.2 Å². The van der Waals surface area contributed by atoms with Crippen LogP contribution in [-0.4, -0.2) is 29.1 Å². The third-order valence-corrected chi connectivity index (χ3v) is 4.26. The minimum absolute atomic E-state index is 0.166. The molecule has 21 heavy (non-hydrogen) atoms. The molecule has 0 amide bonds. The molecule has 0 unspecified atom stereocenters. The Kier molecular flexibility index (Phi) is 5.07. The summed E-state index contributed by atoms with van der Waals surface area (Å²) in [4.78, 5) is 2.49. The predicted octanol–water partition coefficient (Wildman–Crippen LogP) is 3.47. The van der Waals surface area contributed by atoms with Crippen LogP contribution in [0.4, 0.5) is 0 Å². The fourth-order valence-corrected chi connectivity index (χ4v) is 2.90. The molecule has 2 rings (SSSR count). The van der Waals surface area contributed by atoms with Gasteiger partial charge in [0.25, 0.3) is 0 Å². The minimum atomic E-state index is 0.166. The van der Waals surface area contributed by atoms with Crippen LogP contribution in [0.5, 0.6) is 0 Å². The maximum atomic E-state index is 5.89. The van der Waals surface area contributed by atoms with Gasteiger partial charge in [-0.25, -0.2) is 0 Å². The quantitative estimate of drug-likeness (QED) is 0.846. The second kappa shape index (κ2) is 6.63. The third-order valence-electron chi connectivity index (χ3n) is 4.26. The molecule has 0 bridgehead atoms. The van der Waals surface area contributed by atoms with Crippen LogP contribution >= 0.6 is 0 Å². The standard InChI is InChI=1S/C18H29N3/c1-5-20(14-18(3,4)13-19)11-15-12-21(6-2)17-10-8-7-9-16(15)17/h7-10,12H,5-6,11,13-14,19H2,1-4H3. The molecule has 1 heterocycles. The Hall–Kier alpha value is -1.32. The summed E-state index contributed by atoms with van der Waals surface area (Å²) in [5, 5.41) is 1.38. The molecule has 0 saturated carbocycles. The number of nitrogens with zero attached hydrogens (tertiary/aromatic N) is 2. The number of benzene rings is 1. The monoisotopic (exact) mass is 287 g/mol. The molecule has 116 valence electrons. The van der Waals surface area contributed by atoms with Crippen molar-refractivity contribution >= 4 is 10.9 Å². The van der Waals surface area contributed by atoms with Gasteiger partial charge in [-0.2, -0.15) is 0 Å². The van der Waals surface area contributed by atoms with E-state index in [9.17, 15) is 0 Å². The number of rotatable bonds is 7. The van der Waals surface area contributed by atoms with Crippen molar-refractivity contribution < 1.29 is 0 Å². The average molecular weight is 287 g/mol. The Morgan fingerprint density at radius 2 is 1.90 bits per heavy atom. The Bertz CT molecular complexity index is 583. The van der Waals surface area contributed by atoms with E-state index in [1.807, 2.05) is 0 Å². The van der Waals surface area contributed by atoms with E-state index in [1.165, 1.54) is 16.5 Å². The fourth-order valence-electron chi connectivity index (χ4n) is 2.90. The number of aryl methyl sites for hydroxylation is 1. The fraction of sp³-hybridized carbons (Fsp3) is 0.556. The van der Waals surface area contributed by atoms with Crippen molar-refractivity contribution in [1.82, 2.24) is 9.47 Å². The van der Waals surface area contributed by atoms with Gasteiger partial charge in [-0.3, -0.25) is 4.90 Å². The van der Waals surface area contributed by atoms with Crippen molar-refractivity contribution in [3.63, 3.8) is 0 Å². The van der Waals surface area contributed by atoms with Gasteiger partial charge in [0.2, 0.25) is 0 Å². The zero-order chi connectivity index (χ0) is 15.5. The first-order valence-corrected chi connectivity index (χ1v) is 8.00. The number of para-hydroxylation sites is 1. The maximum absolute atomic E-state index is 5.89. The molecular formula is C18H29N3. The highest BCUT2D eigenvalue weighted by Crippen LogP contribution is 2.24. The lowest BCUT2D eigenvalue weighted by molar-refractivity contribution is 0.184. The second-order valence-corrected chi connectivity index (χ2v) is 6.63. The molecule has 0 aliphatic rings. The van der Waals surface area contributed by atoms with Crippen LogP contribution in [0.15, 0.2) is 30.5 Å². The molecule has 0 aliphatic heterocycles. The summed E-state index contributed by atoms with van der Waals surface area (Å²) in [5.41, 5.74) is 8.81. The maximum Gasteiger partial charge on any atom is 0.0483 e. The molecule has 0 radical (unpaired) electrons. The molecule has 0 aliphatic carbocycles. The van der Waals surface area contributed by atoms with Crippen molar-refractivity contribution in [2.75, 3.05) is 19.6 Å². The van der Waals surface area contributed by atoms with Gasteiger partial charge in [0.05, 0.1) is 0 Å². The van der Waals surface area contributed by atoms with Gasteiger partial charge < -0.3 is 10.3 Å². The van der Waals surface area contributed by atoms with Crippen molar-refractivity contribution in [2.45, 2.75) is 40.8 Å². The van der Waals surface area contributed by atoms with Gasteiger partial charge >= 0.3 is 0 Å². The van der Waals surface area contributed by atoms with Gasteiger partial charge in [-0.15, -0.1) is 0 Å². The van der Waals surface area contributed by atoms with Gasteiger partial charge in [0.1, 0.15) is 0 Å². The smallest absolute Gasteiger partial charge is 0.0483 e. The zero-order valence-corrected chi connectivity index (χ0v) is 13.9. The first-order valence-electron chi connectivity index (χ1n) is 8.00. The molecule has 1 aromatic carbocycles. The van der Waals surface area contributed by atoms with Gasteiger partial charge in [-0.05, 0) is 37.1 Å². The molecule has 0 fully saturated rings. The molecule has 3 heteroatoms. The highest BCUT2D eigenvalue weighted by atomic mass is 15.1. The Labute approximate surface area is 128 Å². The van der Waals surface area contributed by atoms with Gasteiger partial charge in [0, 0.05) is 36.7 Å². The van der Waals surface area contributed by atoms with Crippen LogP contribution < -0.4 is 5.73 Å². The number of hydrogen-bond acceptors (Lipinski definition) is 2. The first kappa shape index (κ1) is 16.1. The summed E-state index contributed by atoms with van der Waals surface area (Å²) in [6.07, 6.45) is 2.31. The van der Waals surface area contributed by atoms with E-state index in [-0.39, 0.29) is 5.41 Å². The number of hydrogen-bond donors (Lipinski definition) is 1. The van der Waals surface area contributed by atoms with Crippen LogP contribution in [0.25, 0.3) is 10.9 Å². The Morgan fingerprint density at radius 1 is 1.19 bits per heavy atom. The molecule has 0 atom stereocenters. The third kappa shape index (κ3) is 3.66. The normalized spacial score (nSPS) is 12.5. The van der Waals surface area contributed by atoms with Gasteiger partial charge in [-0.1, -0.05) is 39.0 Å². The predicted molar refractivity (Wildman–Crippen MR) is 91.4 cm³/mol. The summed E-state index contributed by atoms with van der Waals surface area (Å²) < 4.78 is 2.34. The van der Waals surface area contributed by atoms with Crippen LogP contribution in [0.2, 0.25) is 0 Å². The number of fused-ring (bicyclic) bond motifs is 1. The van der Waals surface area contributed by atoms with E-state index in [1.54, 1.807) is 0 Å². The van der Waals surface area contributed by atoms with E-state index in [2.05, 4.69) is 67.6 Å². The summed E-state index contributed by atoms with van der Waals surface area (Å²) in [6, 6.07) is 8.69. The highest BCUT2D eigenvalue weighted by Gasteiger charge is 2.20. The van der Waals surface area contributed by atoms with Crippen LogP contribution in [0, 0.1) is 5.41 Å². The van der Waals surface area contributed by atoms with Crippen LogP contribution in [0.3, 0.4) is 0 Å². The van der Waals surface area contributed by atoms with E-state index in [0.717, 1.165) is 32.7 Å². The lowest BCUT2D eigenvalue weighted by atomic mass is 9.93. The lowest BCUT2D eigenvalue weighted by Gasteiger charge is -2.30. The molecule has 2 aromatic rings. The van der Waals surface area contributed by atoms with Crippen molar-refractivity contribution in [1.29, 1.82) is 0 Å². The Balaban J connectivity index is 2.25. The van der Waals surface area contributed by atoms with Crippen LogP contribution in [0.1, 0.15) is 33.3 Å². The second-order valence-electron chi connectivity index (χ2n) is 6.63. The van der Waals surface area contributed by atoms with Crippen molar-refractivity contribution in [3.05, 3.63) is 36.0 Å². The Morgan fingerprint density at radius 3 is 2.52 bits per heavy atom. The SMILES string of the molecule is CCN(Cc1cn(CC)c2ccccc12)CC(C)(C)CN. The molecule has 0 saturated heterocycles. The summed E-state index contributed by atoms with van der Waals surface area (Å²) in [7, 11) is 0. The number of aromatic nitrogens is 1. The summed E-state index contributed by atoms with van der Waals surface area (Å²) >= 11 is 0. The summed E-state index contributed by atoms with van der Waals surface area (Å²) in [6.45, 7) is 13.7. The van der Waals surface area contributed by atoms with E-state index < -0.39 is 0 Å². The van der Waals surface area contributed by atoms with Gasteiger partial charge in [0.15, 0.2) is 0 Å². The molecule has 2 N–H and O–H groups in total. The number of nitrogens with two attached hydrogens (primary N) is 1. The molecule has 0 spiro atoms. The lowest BCUT2D eigenvalue weighted by Crippen LogP contribution is -2.38. The average Bonchev–Trinajstić information content (AvgIpc) is 2.84. The minimum Gasteiger partial charge on any atom is -0.347 e. The molecular weight excluding hydrogens is 258 g/mol. The zero-order valence-electron chi connectivity index (χ0n) is 13.9. The first-order chi connectivity index (χ1) is 10.0. The largest absolute Gasteiger partial charge is 0.347 e. The van der Waals surface area contributed by atoms with E-state index in [4.69, 9.17) is 5.73 Å².